The maximum Gasteiger partial charge on any atom is 0.261 e. The van der Waals surface area contributed by atoms with Crippen molar-refractivity contribution in [3.63, 3.8) is 0 Å². The van der Waals surface area contributed by atoms with Gasteiger partial charge in [0.25, 0.3) is 5.91 Å². The average Bonchev–Trinajstić information content (AvgIpc) is 3.12. The van der Waals surface area contributed by atoms with Gasteiger partial charge >= 0.3 is 0 Å². The third-order valence-electron chi connectivity index (χ3n) is 4.47. The number of fused-ring (bicyclic) bond motifs is 1. The van der Waals surface area contributed by atoms with E-state index in [2.05, 4.69) is 15.3 Å². The molecule has 0 fully saturated rings. The van der Waals surface area contributed by atoms with Gasteiger partial charge in [-0.1, -0.05) is 61.0 Å². The third-order valence-corrected chi connectivity index (χ3v) is 6.04. The lowest BCUT2D eigenvalue weighted by atomic mass is 10.1. The molecule has 1 atom stereocenters. The van der Waals surface area contributed by atoms with Crippen molar-refractivity contribution in [3.8, 4) is 11.3 Å². The molecular weight excluding hydrogens is 439 g/mol. The van der Waals surface area contributed by atoms with Gasteiger partial charge in [0.05, 0.1) is 21.6 Å². The van der Waals surface area contributed by atoms with Crippen LogP contribution in [0, 0.1) is 0 Å². The summed E-state index contributed by atoms with van der Waals surface area (Å²) in [6.07, 6.45) is 0. The molecular formula is C22H20Cl2N4OS. The topological polar surface area (TPSA) is 80.9 Å². The number of rotatable bonds is 4. The number of hydrogen-bond acceptors (Lipinski definition) is 5. The molecule has 0 unspecified atom stereocenters. The minimum atomic E-state index is -0.184. The molecule has 5 nitrogen and oxygen atoms in total. The molecule has 4 aromatic rings. The van der Waals surface area contributed by atoms with Crippen LogP contribution in [0.2, 0.25) is 10.0 Å². The van der Waals surface area contributed by atoms with Crippen LogP contribution >= 0.6 is 34.5 Å². The van der Waals surface area contributed by atoms with Crippen LogP contribution in [0.1, 0.15) is 35.6 Å². The molecule has 2 heterocycles. The number of thiophene rings is 1. The third kappa shape index (κ3) is 4.41. The van der Waals surface area contributed by atoms with Crippen LogP contribution in [-0.4, -0.2) is 15.9 Å². The first-order valence-electron chi connectivity index (χ1n) is 8.80. The van der Waals surface area contributed by atoms with Gasteiger partial charge in [-0.05, 0) is 36.8 Å². The monoisotopic (exact) mass is 458 g/mol. The molecule has 0 spiro atoms. The number of nitrogens with one attached hydrogen (secondary N) is 1. The van der Waals surface area contributed by atoms with E-state index in [1.165, 1.54) is 11.3 Å². The highest BCUT2D eigenvalue weighted by molar-refractivity contribution is 7.20. The Balaban J connectivity index is 0.00000256. The minimum Gasteiger partial charge on any atom is -0.368 e. The highest BCUT2D eigenvalue weighted by Gasteiger charge is 2.19. The lowest BCUT2D eigenvalue weighted by Gasteiger charge is -2.13. The van der Waals surface area contributed by atoms with Crippen molar-refractivity contribution in [3.05, 3.63) is 75.1 Å². The van der Waals surface area contributed by atoms with Crippen LogP contribution in [0.15, 0.2) is 54.6 Å². The Morgan fingerprint density at radius 1 is 1.10 bits per heavy atom. The molecule has 4 rings (SSSR count). The second kappa shape index (κ2) is 9.00. The molecule has 3 N–H and O–H groups in total. The van der Waals surface area contributed by atoms with E-state index in [0.29, 0.717) is 36.4 Å². The number of benzene rings is 2. The molecule has 0 aliphatic carbocycles. The summed E-state index contributed by atoms with van der Waals surface area (Å²) in [5.74, 6) is -0.0685. The summed E-state index contributed by atoms with van der Waals surface area (Å²) < 4.78 is 0. The Morgan fingerprint density at radius 3 is 2.53 bits per heavy atom. The Hall–Kier alpha value is -2.67. The van der Waals surface area contributed by atoms with Gasteiger partial charge in [-0.15, -0.1) is 11.3 Å². The number of nitrogens with two attached hydrogens (primary N) is 1. The fourth-order valence-electron chi connectivity index (χ4n) is 3.03. The molecule has 0 aliphatic heterocycles. The van der Waals surface area contributed by atoms with E-state index in [1.54, 1.807) is 24.3 Å². The van der Waals surface area contributed by atoms with Gasteiger partial charge < -0.3 is 11.1 Å². The molecule has 0 saturated heterocycles. The van der Waals surface area contributed by atoms with Gasteiger partial charge in [0, 0.05) is 16.0 Å². The van der Waals surface area contributed by atoms with Gasteiger partial charge in [-0.3, -0.25) is 4.79 Å². The van der Waals surface area contributed by atoms with Crippen molar-refractivity contribution >= 4 is 56.6 Å². The molecule has 2 aromatic carbocycles. The van der Waals surface area contributed by atoms with E-state index in [-0.39, 0.29) is 25.3 Å². The first kappa shape index (κ1) is 22.0. The number of nitrogens with zero attached hydrogens (tertiary/aromatic N) is 2. The van der Waals surface area contributed by atoms with Crippen molar-refractivity contribution in [1.29, 1.82) is 0 Å². The van der Waals surface area contributed by atoms with Gasteiger partial charge in [-0.2, -0.15) is 0 Å². The number of carbonyl (C=O) groups excluding carboxylic acids is 1. The van der Waals surface area contributed by atoms with Crippen molar-refractivity contribution in [2.45, 2.75) is 20.4 Å². The van der Waals surface area contributed by atoms with Crippen LogP contribution in [0.5, 0.6) is 0 Å². The van der Waals surface area contributed by atoms with E-state index in [4.69, 9.17) is 28.9 Å². The maximum atomic E-state index is 12.8. The van der Waals surface area contributed by atoms with Crippen molar-refractivity contribution in [1.82, 2.24) is 15.3 Å². The maximum absolute atomic E-state index is 12.8. The first-order valence-corrected chi connectivity index (χ1v) is 10.4. The zero-order chi connectivity index (χ0) is 20.5. The summed E-state index contributed by atoms with van der Waals surface area (Å²) in [5, 5.41) is 4.70. The molecule has 0 radical (unpaired) electrons. The van der Waals surface area contributed by atoms with Crippen molar-refractivity contribution < 1.29 is 4.79 Å². The summed E-state index contributed by atoms with van der Waals surface area (Å²) in [6.45, 7) is 1.94. The summed E-state index contributed by atoms with van der Waals surface area (Å²) in [4.78, 5) is 22.6. The van der Waals surface area contributed by atoms with Crippen LogP contribution in [0.4, 0.5) is 5.95 Å². The second-order valence-electron chi connectivity index (χ2n) is 6.49. The molecule has 0 aliphatic rings. The summed E-state index contributed by atoms with van der Waals surface area (Å²) in [5.41, 5.74) is 8.17. The number of amides is 1. The summed E-state index contributed by atoms with van der Waals surface area (Å²) in [6, 6.07) is 16.6. The molecule has 30 heavy (non-hydrogen) atoms. The van der Waals surface area contributed by atoms with Crippen LogP contribution < -0.4 is 11.1 Å². The number of halogens is 2. The molecule has 8 heteroatoms. The summed E-state index contributed by atoms with van der Waals surface area (Å²) in [7, 11) is 0. The van der Waals surface area contributed by atoms with Gasteiger partial charge in [-0.25, -0.2) is 9.97 Å². The molecule has 154 valence electrons. The first-order chi connectivity index (χ1) is 13.9. The highest BCUT2D eigenvalue weighted by atomic mass is 35.5. The zero-order valence-corrected chi connectivity index (χ0v) is 17.6. The second-order valence-corrected chi connectivity index (χ2v) is 8.36. The van der Waals surface area contributed by atoms with E-state index < -0.39 is 0 Å². The van der Waals surface area contributed by atoms with Gasteiger partial charge in [0.2, 0.25) is 5.95 Å². The number of hydrogen-bond donors (Lipinski definition) is 2. The van der Waals surface area contributed by atoms with Crippen LogP contribution in [-0.2, 0) is 0 Å². The SMILES string of the molecule is C.C[C@H](NC(=O)c1cc2c(-c3ccc(Cl)cc3Cl)nc(N)nc2s1)c1ccccc1. The number of aromatic nitrogens is 2. The minimum absolute atomic E-state index is 0. The zero-order valence-electron chi connectivity index (χ0n) is 15.3. The number of nitrogen functional groups attached to an aromatic ring is 1. The van der Waals surface area contributed by atoms with E-state index in [9.17, 15) is 4.79 Å². The number of anilines is 1. The fraction of sp³-hybridized carbons (Fsp3) is 0.136. The predicted molar refractivity (Wildman–Crippen MR) is 126 cm³/mol. The molecule has 0 bridgehead atoms. The Bertz CT molecular complexity index is 1210. The lowest BCUT2D eigenvalue weighted by molar-refractivity contribution is 0.0944. The number of carbonyl (C=O) groups is 1. The molecule has 1 amide bonds. The van der Waals surface area contributed by atoms with Gasteiger partial charge in [0.15, 0.2) is 0 Å². The van der Waals surface area contributed by atoms with Gasteiger partial charge in [0.1, 0.15) is 4.83 Å². The summed E-state index contributed by atoms with van der Waals surface area (Å²) >= 11 is 13.6. The Labute approximate surface area is 188 Å². The van der Waals surface area contributed by atoms with E-state index in [1.807, 2.05) is 37.3 Å². The normalized spacial score (nSPS) is 11.7. The standard InChI is InChI=1S/C21H16Cl2N4OS.CH4/c1-11(12-5-3-2-4-6-12)25-19(28)17-10-15-18(26-21(24)27-20(15)29-17)14-8-7-13(22)9-16(14)23;/h2-11H,1H3,(H,25,28)(H2,24,26,27);1H4/t11-;/m0./s1. The lowest BCUT2D eigenvalue weighted by Crippen LogP contribution is -2.25. The largest absolute Gasteiger partial charge is 0.368 e. The average molecular weight is 459 g/mol. The van der Waals surface area contributed by atoms with Crippen LogP contribution in [0.3, 0.4) is 0 Å². The van der Waals surface area contributed by atoms with Crippen molar-refractivity contribution in [2.75, 3.05) is 5.73 Å². The Morgan fingerprint density at radius 2 is 1.83 bits per heavy atom. The molecule has 0 saturated carbocycles. The fourth-order valence-corrected chi connectivity index (χ4v) is 4.47. The van der Waals surface area contributed by atoms with Crippen LogP contribution in [0.25, 0.3) is 21.5 Å². The van der Waals surface area contributed by atoms with E-state index >= 15 is 0 Å². The smallest absolute Gasteiger partial charge is 0.261 e. The quantitative estimate of drug-likeness (QED) is 0.371. The van der Waals surface area contributed by atoms with E-state index in [0.717, 1.165) is 5.56 Å². The predicted octanol–water partition coefficient (Wildman–Crippen LogP) is 6.37. The molecule has 2 aromatic heterocycles. The highest BCUT2D eigenvalue weighted by Crippen LogP contribution is 2.36. The Kier molecular flexibility index (Phi) is 6.61. The van der Waals surface area contributed by atoms with Crippen molar-refractivity contribution in [2.24, 2.45) is 0 Å².